The van der Waals surface area contributed by atoms with E-state index >= 15 is 0 Å². The second-order valence-corrected chi connectivity index (χ2v) is 6.74. The number of ether oxygens (including phenoxy) is 1. The highest BCUT2D eigenvalue weighted by molar-refractivity contribution is 5.92. The van der Waals surface area contributed by atoms with Gasteiger partial charge in [-0.1, -0.05) is 18.1 Å². The Morgan fingerprint density at radius 1 is 1.29 bits per heavy atom. The SMILES string of the molecule is CCc1onc(C)c1-c1cccc(C2CN(C(=O)c3ocnc3C)CCO2)n1. The van der Waals surface area contributed by atoms with Gasteiger partial charge in [-0.15, -0.1) is 0 Å². The van der Waals surface area contributed by atoms with Crippen LogP contribution in [0.1, 0.15) is 46.4 Å². The van der Waals surface area contributed by atoms with Gasteiger partial charge in [0.05, 0.1) is 41.5 Å². The first kappa shape index (κ1) is 18.4. The predicted molar refractivity (Wildman–Crippen MR) is 99.7 cm³/mol. The van der Waals surface area contributed by atoms with E-state index in [2.05, 4.69) is 10.1 Å². The van der Waals surface area contributed by atoms with Crippen LogP contribution in [-0.4, -0.2) is 45.6 Å². The Balaban J connectivity index is 1.58. The number of amides is 1. The Bertz CT molecular complexity index is 994. The molecule has 28 heavy (non-hydrogen) atoms. The molecule has 4 heterocycles. The maximum atomic E-state index is 12.7. The van der Waals surface area contributed by atoms with E-state index in [0.29, 0.717) is 25.4 Å². The highest BCUT2D eigenvalue weighted by atomic mass is 16.5. The molecule has 1 aliphatic heterocycles. The molecule has 0 saturated carbocycles. The summed E-state index contributed by atoms with van der Waals surface area (Å²) in [4.78, 5) is 23.2. The second kappa shape index (κ2) is 7.55. The van der Waals surface area contributed by atoms with Crippen molar-refractivity contribution in [3.8, 4) is 11.3 Å². The number of oxazole rings is 1. The quantitative estimate of drug-likeness (QED) is 0.684. The van der Waals surface area contributed by atoms with Crippen LogP contribution in [0.15, 0.2) is 33.5 Å². The summed E-state index contributed by atoms with van der Waals surface area (Å²) in [7, 11) is 0. The van der Waals surface area contributed by atoms with Crippen molar-refractivity contribution >= 4 is 5.91 Å². The number of nitrogens with zero attached hydrogens (tertiary/aromatic N) is 4. The summed E-state index contributed by atoms with van der Waals surface area (Å²) in [5.41, 5.74) is 3.88. The van der Waals surface area contributed by atoms with Gasteiger partial charge in [0.15, 0.2) is 6.39 Å². The first-order valence-corrected chi connectivity index (χ1v) is 9.32. The molecule has 1 saturated heterocycles. The molecule has 3 aromatic rings. The molecular weight excluding hydrogens is 360 g/mol. The van der Waals surface area contributed by atoms with E-state index < -0.39 is 0 Å². The highest BCUT2D eigenvalue weighted by Crippen LogP contribution is 2.29. The van der Waals surface area contributed by atoms with Crippen molar-refractivity contribution in [2.24, 2.45) is 0 Å². The van der Waals surface area contributed by atoms with Crippen LogP contribution in [0.4, 0.5) is 0 Å². The molecule has 1 amide bonds. The number of aromatic nitrogens is 3. The lowest BCUT2D eigenvalue weighted by Gasteiger charge is -2.32. The Morgan fingerprint density at radius 3 is 2.89 bits per heavy atom. The van der Waals surface area contributed by atoms with E-state index in [1.807, 2.05) is 32.0 Å². The summed E-state index contributed by atoms with van der Waals surface area (Å²) < 4.78 is 16.6. The predicted octanol–water partition coefficient (Wildman–Crippen LogP) is 3.12. The van der Waals surface area contributed by atoms with Crippen molar-refractivity contribution in [1.29, 1.82) is 0 Å². The number of carbonyl (C=O) groups excluding carboxylic acids is 1. The maximum absolute atomic E-state index is 12.7. The molecule has 1 fully saturated rings. The fourth-order valence-electron chi connectivity index (χ4n) is 3.42. The third kappa shape index (κ3) is 3.31. The summed E-state index contributed by atoms with van der Waals surface area (Å²) >= 11 is 0. The van der Waals surface area contributed by atoms with Gasteiger partial charge in [0.25, 0.3) is 5.91 Å². The lowest BCUT2D eigenvalue weighted by Crippen LogP contribution is -2.42. The number of hydrogen-bond donors (Lipinski definition) is 0. The number of hydrogen-bond acceptors (Lipinski definition) is 7. The smallest absolute Gasteiger partial charge is 0.291 e. The average molecular weight is 382 g/mol. The molecule has 4 rings (SSSR count). The first-order valence-electron chi connectivity index (χ1n) is 9.32. The number of morpholine rings is 1. The van der Waals surface area contributed by atoms with Crippen LogP contribution in [0.3, 0.4) is 0 Å². The van der Waals surface area contributed by atoms with Gasteiger partial charge < -0.3 is 18.6 Å². The topological polar surface area (TPSA) is 94.5 Å². The van der Waals surface area contributed by atoms with Gasteiger partial charge in [-0.2, -0.15) is 0 Å². The van der Waals surface area contributed by atoms with Crippen molar-refractivity contribution < 1.29 is 18.5 Å². The van der Waals surface area contributed by atoms with Gasteiger partial charge in [-0.05, 0) is 26.0 Å². The molecular formula is C20H22N4O4. The Labute approximate surface area is 162 Å². The molecule has 1 unspecified atom stereocenters. The van der Waals surface area contributed by atoms with E-state index in [1.54, 1.807) is 11.8 Å². The summed E-state index contributed by atoms with van der Waals surface area (Å²) in [5, 5.41) is 4.06. The lowest BCUT2D eigenvalue weighted by atomic mass is 10.1. The minimum absolute atomic E-state index is 0.178. The summed E-state index contributed by atoms with van der Waals surface area (Å²) in [5.74, 6) is 0.905. The summed E-state index contributed by atoms with van der Waals surface area (Å²) in [6, 6.07) is 5.79. The first-order chi connectivity index (χ1) is 13.6. The van der Waals surface area contributed by atoms with Crippen molar-refractivity contribution in [1.82, 2.24) is 20.0 Å². The zero-order chi connectivity index (χ0) is 19.7. The van der Waals surface area contributed by atoms with Crippen LogP contribution in [0.2, 0.25) is 0 Å². The van der Waals surface area contributed by atoms with Crippen molar-refractivity contribution in [2.45, 2.75) is 33.3 Å². The van der Waals surface area contributed by atoms with Crippen LogP contribution < -0.4 is 0 Å². The van der Waals surface area contributed by atoms with E-state index in [9.17, 15) is 4.79 Å². The van der Waals surface area contributed by atoms with Gasteiger partial charge in [-0.25, -0.2) is 9.97 Å². The lowest BCUT2D eigenvalue weighted by molar-refractivity contribution is -0.0256. The zero-order valence-corrected chi connectivity index (χ0v) is 16.1. The number of pyridine rings is 1. The van der Waals surface area contributed by atoms with Crippen LogP contribution >= 0.6 is 0 Å². The van der Waals surface area contributed by atoms with Crippen LogP contribution in [0, 0.1) is 13.8 Å². The molecule has 1 aliphatic rings. The fourth-order valence-corrected chi connectivity index (χ4v) is 3.42. The minimum Gasteiger partial charge on any atom is -0.438 e. The highest BCUT2D eigenvalue weighted by Gasteiger charge is 2.30. The van der Waals surface area contributed by atoms with Crippen molar-refractivity contribution in [3.05, 3.63) is 53.2 Å². The van der Waals surface area contributed by atoms with Gasteiger partial charge in [0.2, 0.25) is 5.76 Å². The monoisotopic (exact) mass is 382 g/mol. The molecule has 0 aliphatic carbocycles. The molecule has 0 aromatic carbocycles. The van der Waals surface area contributed by atoms with Gasteiger partial charge in [-0.3, -0.25) is 4.79 Å². The van der Waals surface area contributed by atoms with Crippen LogP contribution in [0.5, 0.6) is 0 Å². The number of rotatable bonds is 4. The molecule has 146 valence electrons. The van der Waals surface area contributed by atoms with Gasteiger partial charge in [0, 0.05) is 13.0 Å². The Hall–Kier alpha value is -3.00. The molecule has 0 bridgehead atoms. The van der Waals surface area contributed by atoms with E-state index in [4.69, 9.17) is 18.7 Å². The van der Waals surface area contributed by atoms with E-state index in [0.717, 1.165) is 34.8 Å². The van der Waals surface area contributed by atoms with E-state index in [-0.39, 0.29) is 17.8 Å². The van der Waals surface area contributed by atoms with Gasteiger partial charge in [0.1, 0.15) is 11.9 Å². The average Bonchev–Trinajstić information content (AvgIpc) is 3.32. The standard InChI is InChI=1S/C20H22N4O4/c1-4-16-18(12(2)23-28-16)15-7-5-6-14(22-15)17-10-24(8-9-26-17)20(25)19-13(3)21-11-27-19/h5-7,11,17H,4,8-10H2,1-3H3. The number of carbonyl (C=O) groups is 1. The van der Waals surface area contributed by atoms with E-state index in [1.165, 1.54) is 6.39 Å². The fraction of sp³-hybridized carbons (Fsp3) is 0.400. The van der Waals surface area contributed by atoms with Crippen molar-refractivity contribution in [3.63, 3.8) is 0 Å². The third-order valence-corrected chi connectivity index (χ3v) is 4.90. The van der Waals surface area contributed by atoms with Crippen LogP contribution in [0.25, 0.3) is 11.3 Å². The zero-order valence-electron chi connectivity index (χ0n) is 16.1. The Kier molecular flexibility index (Phi) is 4.95. The molecule has 3 aromatic heterocycles. The normalized spacial score (nSPS) is 17.1. The molecule has 8 nitrogen and oxygen atoms in total. The molecule has 0 radical (unpaired) electrons. The molecule has 8 heteroatoms. The summed E-state index contributed by atoms with van der Waals surface area (Å²) in [6.07, 6.45) is 1.71. The maximum Gasteiger partial charge on any atom is 0.291 e. The Morgan fingerprint density at radius 2 is 2.14 bits per heavy atom. The molecule has 0 N–H and O–H groups in total. The van der Waals surface area contributed by atoms with Gasteiger partial charge >= 0.3 is 0 Å². The second-order valence-electron chi connectivity index (χ2n) is 6.74. The summed E-state index contributed by atoms with van der Waals surface area (Å²) in [6.45, 7) is 7.02. The largest absolute Gasteiger partial charge is 0.438 e. The minimum atomic E-state index is -0.314. The number of aryl methyl sites for hydroxylation is 3. The van der Waals surface area contributed by atoms with Crippen LogP contribution in [-0.2, 0) is 11.2 Å². The molecule has 0 spiro atoms. The van der Waals surface area contributed by atoms with Crippen molar-refractivity contribution in [2.75, 3.05) is 19.7 Å². The molecule has 1 atom stereocenters. The third-order valence-electron chi connectivity index (χ3n) is 4.90.